The van der Waals surface area contributed by atoms with E-state index in [9.17, 15) is 19.2 Å². The van der Waals surface area contributed by atoms with Gasteiger partial charge < -0.3 is 15.4 Å². The van der Waals surface area contributed by atoms with Gasteiger partial charge in [-0.25, -0.2) is 9.36 Å². The molecule has 0 saturated heterocycles. The Labute approximate surface area is 233 Å². The van der Waals surface area contributed by atoms with E-state index in [1.165, 1.54) is 23.0 Å². The number of para-hydroxylation sites is 2. The van der Waals surface area contributed by atoms with Gasteiger partial charge in [0, 0.05) is 6.54 Å². The molecule has 2 aromatic heterocycles. The number of rotatable bonds is 9. The van der Waals surface area contributed by atoms with Gasteiger partial charge in [-0.05, 0) is 46.8 Å². The molecule has 0 radical (unpaired) electrons. The number of carbonyl (C=O) groups excluding carboxylic acids is 2. The van der Waals surface area contributed by atoms with E-state index < -0.39 is 17.2 Å². The van der Waals surface area contributed by atoms with Crippen LogP contribution in [0, 0.1) is 0 Å². The molecule has 0 atom stereocenters. The molecule has 202 valence electrons. The third-order valence-corrected chi connectivity index (χ3v) is 7.22. The van der Waals surface area contributed by atoms with Crippen LogP contribution in [-0.2, 0) is 29.1 Å². The van der Waals surface area contributed by atoms with Crippen molar-refractivity contribution in [3.8, 4) is 11.4 Å². The highest BCUT2D eigenvalue weighted by Gasteiger charge is 2.18. The second-order valence-corrected chi connectivity index (χ2v) is 9.91. The predicted molar refractivity (Wildman–Crippen MR) is 155 cm³/mol. The zero-order valence-corrected chi connectivity index (χ0v) is 22.4. The number of benzene rings is 3. The quantitative estimate of drug-likeness (QED) is 0.289. The van der Waals surface area contributed by atoms with Gasteiger partial charge in [-0.3, -0.25) is 19.0 Å². The first-order valence-electron chi connectivity index (χ1n) is 12.5. The summed E-state index contributed by atoms with van der Waals surface area (Å²) < 4.78 is 7.97. The van der Waals surface area contributed by atoms with Crippen molar-refractivity contribution >= 4 is 39.1 Å². The van der Waals surface area contributed by atoms with Crippen LogP contribution in [0.1, 0.15) is 11.1 Å². The zero-order valence-electron chi connectivity index (χ0n) is 21.6. The van der Waals surface area contributed by atoms with Crippen LogP contribution in [0.25, 0.3) is 15.9 Å². The minimum absolute atomic E-state index is 0.141. The second kappa shape index (κ2) is 11.8. The van der Waals surface area contributed by atoms with Crippen molar-refractivity contribution in [3.05, 3.63) is 122 Å². The van der Waals surface area contributed by atoms with Gasteiger partial charge in [0.15, 0.2) is 0 Å². The summed E-state index contributed by atoms with van der Waals surface area (Å²) in [6.45, 7) is 0.127. The standard InChI is InChI=1S/C30H26N4O5S/c1-39-25-10-6-5-9-23(25)32-27(36)19-33-24-15-16-40-28(24)29(37)34(30(33)38)22-13-11-20(12-14-22)17-26(35)31-18-21-7-3-2-4-8-21/h2-16H,17-19H2,1H3,(H,31,35)(H,32,36). The Morgan fingerprint density at radius 2 is 1.57 bits per heavy atom. The summed E-state index contributed by atoms with van der Waals surface area (Å²) in [6, 6.07) is 24.9. The number of nitrogens with zero attached hydrogens (tertiary/aromatic N) is 2. The number of nitrogens with one attached hydrogen (secondary N) is 2. The van der Waals surface area contributed by atoms with Crippen LogP contribution < -0.4 is 26.6 Å². The molecule has 0 spiro atoms. The Hall–Kier alpha value is -4.96. The topological polar surface area (TPSA) is 111 Å². The van der Waals surface area contributed by atoms with Crippen LogP contribution >= 0.6 is 11.3 Å². The Bertz CT molecular complexity index is 1790. The van der Waals surface area contributed by atoms with E-state index in [-0.39, 0.29) is 18.9 Å². The number of fused-ring (bicyclic) bond motifs is 1. The maximum absolute atomic E-state index is 13.6. The van der Waals surface area contributed by atoms with Crippen LogP contribution in [0.5, 0.6) is 5.75 Å². The van der Waals surface area contributed by atoms with Crippen LogP contribution in [0.15, 0.2) is 99.9 Å². The number of methoxy groups -OCH3 is 1. The summed E-state index contributed by atoms with van der Waals surface area (Å²) in [6.07, 6.45) is 0.152. The first-order valence-corrected chi connectivity index (χ1v) is 13.4. The van der Waals surface area contributed by atoms with E-state index in [1.807, 2.05) is 30.3 Å². The van der Waals surface area contributed by atoms with Crippen LogP contribution in [0.2, 0.25) is 0 Å². The third-order valence-electron chi connectivity index (χ3n) is 6.33. The lowest BCUT2D eigenvalue weighted by molar-refractivity contribution is -0.120. The second-order valence-electron chi connectivity index (χ2n) is 9.00. The van der Waals surface area contributed by atoms with Crippen molar-refractivity contribution < 1.29 is 14.3 Å². The summed E-state index contributed by atoms with van der Waals surface area (Å²) in [5, 5.41) is 7.37. The normalized spacial score (nSPS) is 10.8. The number of amides is 2. The molecule has 10 heteroatoms. The fraction of sp³-hybridized carbons (Fsp3) is 0.133. The lowest BCUT2D eigenvalue weighted by atomic mass is 10.1. The Morgan fingerprint density at radius 1 is 0.850 bits per heavy atom. The molecule has 40 heavy (non-hydrogen) atoms. The van der Waals surface area contributed by atoms with Crippen molar-refractivity contribution in [2.24, 2.45) is 0 Å². The number of anilines is 1. The van der Waals surface area contributed by atoms with Crippen LogP contribution in [0.3, 0.4) is 0 Å². The number of hydrogen-bond acceptors (Lipinski definition) is 6. The highest BCUT2D eigenvalue weighted by atomic mass is 32.1. The molecule has 0 saturated carbocycles. The number of ether oxygens (including phenoxy) is 1. The maximum Gasteiger partial charge on any atom is 0.336 e. The molecule has 3 aromatic carbocycles. The summed E-state index contributed by atoms with van der Waals surface area (Å²) in [5.74, 6) is -0.0963. The predicted octanol–water partition coefficient (Wildman–Crippen LogP) is 3.72. The molecule has 9 nitrogen and oxygen atoms in total. The van der Waals surface area contributed by atoms with Gasteiger partial charge in [0.2, 0.25) is 11.8 Å². The Balaban J connectivity index is 1.37. The zero-order chi connectivity index (χ0) is 28.1. The van der Waals surface area contributed by atoms with Gasteiger partial charge in [-0.15, -0.1) is 11.3 Å². The molecule has 0 unspecified atom stereocenters. The fourth-order valence-electron chi connectivity index (χ4n) is 4.36. The average molecular weight is 555 g/mol. The van der Waals surface area contributed by atoms with Gasteiger partial charge in [0.1, 0.15) is 17.0 Å². The molecule has 2 heterocycles. The first-order chi connectivity index (χ1) is 19.4. The van der Waals surface area contributed by atoms with Crippen LogP contribution in [0.4, 0.5) is 5.69 Å². The van der Waals surface area contributed by atoms with Gasteiger partial charge in [0.05, 0.1) is 30.4 Å². The van der Waals surface area contributed by atoms with Gasteiger partial charge >= 0.3 is 5.69 Å². The van der Waals surface area contributed by atoms with E-state index in [0.717, 1.165) is 15.7 Å². The number of thiophene rings is 1. The number of carbonyl (C=O) groups is 2. The molecule has 2 N–H and O–H groups in total. The van der Waals surface area contributed by atoms with E-state index in [0.29, 0.717) is 33.9 Å². The molecule has 5 aromatic rings. The number of hydrogen-bond donors (Lipinski definition) is 2. The Morgan fingerprint density at radius 3 is 2.33 bits per heavy atom. The van der Waals surface area contributed by atoms with Crippen molar-refractivity contribution in [1.82, 2.24) is 14.5 Å². The highest BCUT2D eigenvalue weighted by molar-refractivity contribution is 7.17. The minimum atomic E-state index is -0.639. The van der Waals surface area contributed by atoms with Crippen molar-refractivity contribution in [2.45, 2.75) is 19.5 Å². The molecular formula is C30H26N4O5S. The van der Waals surface area contributed by atoms with E-state index >= 15 is 0 Å². The Kier molecular flexibility index (Phi) is 7.88. The minimum Gasteiger partial charge on any atom is -0.495 e. The molecule has 0 bridgehead atoms. The number of aromatic nitrogens is 2. The largest absolute Gasteiger partial charge is 0.495 e. The summed E-state index contributed by atoms with van der Waals surface area (Å²) >= 11 is 1.20. The lowest BCUT2D eigenvalue weighted by Crippen LogP contribution is -2.40. The average Bonchev–Trinajstić information content (AvgIpc) is 3.46. The smallest absolute Gasteiger partial charge is 0.336 e. The third kappa shape index (κ3) is 5.71. The summed E-state index contributed by atoms with van der Waals surface area (Å²) in [5.41, 5.74) is 1.83. The molecule has 2 amide bonds. The maximum atomic E-state index is 13.6. The van der Waals surface area contributed by atoms with Crippen LogP contribution in [-0.4, -0.2) is 28.1 Å². The first kappa shape index (κ1) is 26.6. The SMILES string of the molecule is COc1ccccc1NC(=O)Cn1c(=O)n(-c2ccc(CC(=O)NCc3ccccc3)cc2)c(=O)c2sccc21. The van der Waals surface area contributed by atoms with Gasteiger partial charge in [0.25, 0.3) is 5.56 Å². The molecule has 5 rings (SSSR count). The lowest BCUT2D eigenvalue weighted by Gasteiger charge is -2.14. The highest BCUT2D eigenvalue weighted by Crippen LogP contribution is 2.23. The molecular weight excluding hydrogens is 528 g/mol. The van der Waals surface area contributed by atoms with E-state index in [2.05, 4.69) is 10.6 Å². The van der Waals surface area contributed by atoms with E-state index in [1.54, 1.807) is 60.0 Å². The molecule has 0 aliphatic carbocycles. The van der Waals surface area contributed by atoms with Gasteiger partial charge in [-0.2, -0.15) is 0 Å². The summed E-state index contributed by atoms with van der Waals surface area (Å²) in [4.78, 5) is 52.2. The van der Waals surface area contributed by atoms with Crippen molar-refractivity contribution in [3.63, 3.8) is 0 Å². The summed E-state index contributed by atoms with van der Waals surface area (Å²) in [7, 11) is 1.50. The molecule has 0 aliphatic rings. The van der Waals surface area contributed by atoms with E-state index in [4.69, 9.17) is 4.74 Å². The monoisotopic (exact) mass is 554 g/mol. The van der Waals surface area contributed by atoms with Crippen molar-refractivity contribution in [2.75, 3.05) is 12.4 Å². The molecule has 0 aliphatic heterocycles. The van der Waals surface area contributed by atoms with Crippen molar-refractivity contribution in [1.29, 1.82) is 0 Å². The van der Waals surface area contributed by atoms with Gasteiger partial charge in [-0.1, -0.05) is 54.6 Å². The molecule has 0 fully saturated rings. The fourth-order valence-corrected chi connectivity index (χ4v) is 5.18.